The first-order valence-electron chi connectivity index (χ1n) is 12.3. The van der Waals surface area contributed by atoms with Gasteiger partial charge in [-0.15, -0.1) is 0 Å². The molecular weight excluding hydrogens is 513 g/mol. The van der Waals surface area contributed by atoms with Gasteiger partial charge in [0.1, 0.15) is 11.9 Å². The van der Waals surface area contributed by atoms with Gasteiger partial charge in [0.15, 0.2) is 5.69 Å². The minimum atomic E-state index is -4.68. The topological polar surface area (TPSA) is 108 Å². The van der Waals surface area contributed by atoms with Gasteiger partial charge < -0.3 is 20.1 Å². The lowest BCUT2D eigenvalue weighted by molar-refractivity contribution is -0.139. The lowest BCUT2D eigenvalue weighted by atomic mass is 10.0. The minimum absolute atomic E-state index is 0.0651. The molecule has 2 heterocycles. The summed E-state index contributed by atoms with van der Waals surface area (Å²) in [5.74, 6) is -2.09. The lowest BCUT2D eigenvalue weighted by Crippen LogP contribution is -2.36. The number of aromatic amines is 1. The number of aromatic carboxylic acids is 1. The quantitative estimate of drug-likeness (QED) is 0.292. The summed E-state index contributed by atoms with van der Waals surface area (Å²) in [6.45, 7) is 1.49. The smallest absolute Gasteiger partial charge is 0.419 e. The SMILES string of the molecule is CN1CCC(Oc2ccc(C(=O)Nc3ccc(-c4ccc5c(C(=O)O)n[nH]c5c4)cc3)cc2C(F)(F)F)CC1. The van der Waals surface area contributed by atoms with E-state index < -0.39 is 23.6 Å². The van der Waals surface area contributed by atoms with E-state index in [1.165, 1.54) is 12.1 Å². The number of carboxylic acid groups (broad SMARTS) is 1. The highest BCUT2D eigenvalue weighted by Crippen LogP contribution is 2.38. The maximum Gasteiger partial charge on any atom is 0.419 e. The third-order valence-corrected chi connectivity index (χ3v) is 6.75. The van der Waals surface area contributed by atoms with Crippen molar-refractivity contribution in [3.8, 4) is 16.9 Å². The van der Waals surface area contributed by atoms with Gasteiger partial charge >= 0.3 is 12.1 Å². The van der Waals surface area contributed by atoms with Crippen LogP contribution in [-0.4, -0.2) is 58.3 Å². The van der Waals surface area contributed by atoms with Crippen molar-refractivity contribution in [3.05, 3.63) is 77.5 Å². The maximum absolute atomic E-state index is 13.8. The number of carbonyl (C=O) groups excluding carboxylic acids is 1. The molecule has 1 aromatic heterocycles. The summed E-state index contributed by atoms with van der Waals surface area (Å²) in [6.07, 6.45) is -3.73. The Balaban J connectivity index is 1.31. The van der Waals surface area contributed by atoms with Gasteiger partial charge in [0, 0.05) is 29.7 Å². The van der Waals surface area contributed by atoms with Gasteiger partial charge in [-0.05, 0) is 73.5 Å². The van der Waals surface area contributed by atoms with E-state index in [2.05, 4.69) is 20.4 Å². The van der Waals surface area contributed by atoms with Crippen molar-refractivity contribution in [1.82, 2.24) is 15.1 Å². The summed E-state index contributed by atoms with van der Waals surface area (Å²) in [4.78, 5) is 26.2. The first-order valence-corrected chi connectivity index (χ1v) is 12.3. The molecule has 0 saturated carbocycles. The molecule has 0 bridgehead atoms. The Hall–Kier alpha value is -4.38. The number of carboxylic acids is 1. The highest BCUT2D eigenvalue weighted by Gasteiger charge is 2.36. The van der Waals surface area contributed by atoms with Crippen LogP contribution in [0.25, 0.3) is 22.0 Å². The number of ether oxygens (including phenoxy) is 1. The molecular formula is C28H25F3N4O4. The number of halogens is 3. The molecule has 0 atom stereocenters. The molecule has 0 unspecified atom stereocenters. The summed E-state index contributed by atoms with van der Waals surface area (Å²) >= 11 is 0. The van der Waals surface area contributed by atoms with Gasteiger partial charge in [-0.1, -0.05) is 18.2 Å². The van der Waals surface area contributed by atoms with Crippen LogP contribution in [0.2, 0.25) is 0 Å². The van der Waals surface area contributed by atoms with Crippen LogP contribution < -0.4 is 10.1 Å². The molecule has 1 saturated heterocycles. The van der Waals surface area contributed by atoms with Crippen molar-refractivity contribution < 1.29 is 32.6 Å². The fraction of sp³-hybridized carbons (Fsp3) is 0.250. The van der Waals surface area contributed by atoms with Gasteiger partial charge in [-0.3, -0.25) is 9.89 Å². The van der Waals surface area contributed by atoms with Crippen molar-refractivity contribution in [2.24, 2.45) is 0 Å². The number of alkyl halides is 3. The van der Waals surface area contributed by atoms with Crippen LogP contribution in [0.3, 0.4) is 0 Å². The van der Waals surface area contributed by atoms with Crippen molar-refractivity contribution >= 4 is 28.5 Å². The number of fused-ring (bicyclic) bond motifs is 1. The van der Waals surface area contributed by atoms with Gasteiger partial charge in [-0.25, -0.2) is 4.79 Å². The van der Waals surface area contributed by atoms with Gasteiger partial charge in [-0.2, -0.15) is 18.3 Å². The second-order valence-corrected chi connectivity index (χ2v) is 9.50. The van der Waals surface area contributed by atoms with E-state index in [4.69, 9.17) is 4.74 Å². The van der Waals surface area contributed by atoms with Crippen LogP contribution in [0.4, 0.5) is 18.9 Å². The molecule has 1 amide bonds. The number of hydrogen-bond acceptors (Lipinski definition) is 5. The summed E-state index contributed by atoms with van der Waals surface area (Å²) in [5.41, 5.74) is 1.35. The maximum atomic E-state index is 13.8. The summed E-state index contributed by atoms with van der Waals surface area (Å²) < 4.78 is 47.2. The Kier molecular flexibility index (Phi) is 7.00. The number of nitrogens with one attached hydrogen (secondary N) is 2. The number of aromatic nitrogens is 2. The molecule has 11 heteroatoms. The van der Waals surface area contributed by atoms with Crippen LogP contribution in [0.1, 0.15) is 39.3 Å². The third-order valence-electron chi connectivity index (χ3n) is 6.75. The molecule has 4 aromatic rings. The number of piperidine rings is 1. The molecule has 3 aromatic carbocycles. The number of hydrogen-bond donors (Lipinski definition) is 3. The second kappa shape index (κ2) is 10.4. The molecule has 0 radical (unpaired) electrons. The summed E-state index contributed by atoms with van der Waals surface area (Å²) in [5, 5.41) is 18.8. The van der Waals surface area contributed by atoms with Crippen LogP contribution in [-0.2, 0) is 6.18 Å². The first-order chi connectivity index (χ1) is 18.6. The molecule has 0 aliphatic carbocycles. The Bertz CT molecular complexity index is 1520. The number of rotatable bonds is 6. The minimum Gasteiger partial charge on any atom is -0.490 e. The van der Waals surface area contributed by atoms with Crippen molar-refractivity contribution in [2.45, 2.75) is 25.1 Å². The van der Waals surface area contributed by atoms with E-state index >= 15 is 0 Å². The van der Waals surface area contributed by atoms with E-state index in [9.17, 15) is 27.9 Å². The van der Waals surface area contributed by atoms with Crippen LogP contribution >= 0.6 is 0 Å². The number of anilines is 1. The second-order valence-electron chi connectivity index (χ2n) is 9.50. The fourth-order valence-corrected chi connectivity index (χ4v) is 4.59. The van der Waals surface area contributed by atoms with E-state index in [1.54, 1.807) is 42.5 Å². The highest BCUT2D eigenvalue weighted by atomic mass is 19.4. The average molecular weight is 539 g/mol. The number of benzene rings is 3. The van der Waals surface area contributed by atoms with Crippen LogP contribution in [0.15, 0.2) is 60.7 Å². The number of amides is 1. The number of H-pyrrole nitrogens is 1. The predicted molar refractivity (Wildman–Crippen MR) is 139 cm³/mol. The summed E-state index contributed by atoms with van der Waals surface area (Å²) in [7, 11) is 1.95. The van der Waals surface area contributed by atoms with Gasteiger partial charge in [0.25, 0.3) is 5.91 Å². The number of nitrogens with zero attached hydrogens (tertiary/aromatic N) is 2. The van der Waals surface area contributed by atoms with Crippen LogP contribution in [0.5, 0.6) is 5.75 Å². The standard InChI is InChI=1S/C28H25F3N4O4/c1-35-12-10-20(11-13-35)39-24-9-5-18(14-22(24)28(29,30)31)26(36)32-19-6-2-16(3-7-19)17-4-8-21-23(15-17)33-34-25(21)27(37)38/h2-9,14-15,20H,10-13H2,1H3,(H,32,36)(H,33,34)(H,37,38). The Morgan fingerprint density at radius 3 is 2.38 bits per heavy atom. The average Bonchev–Trinajstić information content (AvgIpc) is 3.34. The molecule has 1 fully saturated rings. The Morgan fingerprint density at radius 2 is 1.72 bits per heavy atom. The lowest BCUT2D eigenvalue weighted by Gasteiger charge is -2.30. The molecule has 39 heavy (non-hydrogen) atoms. The molecule has 1 aliphatic rings. The molecule has 1 aliphatic heterocycles. The van der Waals surface area contributed by atoms with E-state index in [0.717, 1.165) is 30.3 Å². The zero-order valence-electron chi connectivity index (χ0n) is 20.9. The normalized spacial score (nSPS) is 14.9. The largest absolute Gasteiger partial charge is 0.490 e. The molecule has 5 rings (SSSR count). The van der Waals surface area contributed by atoms with Crippen molar-refractivity contribution in [3.63, 3.8) is 0 Å². The van der Waals surface area contributed by atoms with E-state index in [1.807, 2.05) is 7.05 Å². The molecule has 3 N–H and O–H groups in total. The highest BCUT2D eigenvalue weighted by molar-refractivity contribution is 6.05. The van der Waals surface area contributed by atoms with Crippen molar-refractivity contribution in [1.29, 1.82) is 0 Å². The van der Waals surface area contributed by atoms with Crippen molar-refractivity contribution in [2.75, 3.05) is 25.5 Å². The monoisotopic (exact) mass is 538 g/mol. The zero-order chi connectivity index (χ0) is 27.7. The first kappa shape index (κ1) is 26.2. The fourth-order valence-electron chi connectivity index (χ4n) is 4.59. The van der Waals surface area contributed by atoms with Gasteiger partial charge in [0.05, 0.1) is 11.1 Å². The Labute approximate surface area is 221 Å². The zero-order valence-corrected chi connectivity index (χ0v) is 20.9. The Morgan fingerprint density at radius 1 is 1.03 bits per heavy atom. The molecule has 0 spiro atoms. The number of likely N-dealkylation sites (tertiary alicyclic amines) is 1. The third kappa shape index (κ3) is 5.73. The van der Waals surface area contributed by atoms with Crippen LogP contribution in [0, 0.1) is 0 Å². The van der Waals surface area contributed by atoms with E-state index in [0.29, 0.717) is 29.4 Å². The van der Waals surface area contributed by atoms with Gasteiger partial charge in [0.2, 0.25) is 0 Å². The summed E-state index contributed by atoms with van der Waals surface area (Å²) in [6, 6.07) is 15.3. The molecule has 202 valence electrons. The van der Waals surface area contributed by atoms with E-state index in [-0.39, 0.29) is 23.1 Å². The molecule has 8 nitrogen and oxygen atoms in total. The number of carbonyl (C=O) groups is 2. The predicted octanol–water partition coefficient (Wildman–Crippen LogP) is 5.67.